The number of aryl methyl sites for hydroxylation is 1. The maximum atomic E-state index is 12.7. The summed E-state index contributed by atoms with van der Waals surface area (Å²) in [5.74, 6) is 5.46. The predicted molar refractivity (Wildman–Crippen MR) is 121 cm³/mol. The number of carbonyl (C=O) groups excluding carboxylic acids is 1. The van der Waals surface area contributed by atoms with Crippen molar-refractivity contribution in [3.8, 4) is 23.6 Å². The van der Waals surface area contributed by atoms with Gasteiger partial charge in [-0.2, -0.15) is 23.5 Å². The molecule has 0 saturated carbocycles. The van der Waals surface area contributed by atoms with Crippen molar-refractivity contribution in [3.63, 3.8) is 0 Å². The number of para-hydroxylation sites is 1. The molecule has 10 heteroatoms. The number of nitrogens with zero attached hydrogens (tertiary/aromatic N) is 3. The van der Waals surface area contributed by atoms with Gasteiger partial charge < -0.3 is 16.4 Å². The van der Waals surface area contributed by atoms with Crippen LogP contribution in [0.1, 0.15) is 28.8 Å². The molecule has 1 heterocycles. The highest BCUT2D eigenvalue weighted by atomic mass is 19.4. The normalized spacial score (nSPS) is 10.6. The van der Waals surface area contributed by atoms with Gasteiger partial charge in [0, 0.05) is 12.1 Å². The summed E-state index contributed by atoms with van der Waals surface area (Å²) in [5, 5.41) is 19.0. The van der Waals surface area contributed by atoms with Gasteiger partial charge in [0.05, 0.1) is 23.5 Å². The lowest BCUT2D eigenvalue weighted by Crippen LogP contribution is -2.36. The van der Waals surface area contributed by atoms with E-state index < -0.39 is 17.8 Å². The molecule has 0 spiro atoms. The monoisotopic (exact) mass is 466 g/mol. The molecule has 0 atom stereocenters. The van der Waals surface area contributed by atoms with Crippen LogP contribution >= 0.6 is 0 Å². The first-order valence-corrected chi connectivity index (χ1v) is 10.3. The summed E-state index contributed by atoms with van der Waals surface area (Å²) in [4.78, 5) is 11.9. The third kappa shape index (κ3) is 6.30. The van der Waals surface area contributed by atoms with Crippen molar-refractivity contribution in [2.24, 2.45) is 0 Å². The topological polar surface area (TPSA) is 109 Å². The van der Waals surface area contributed by atoms with Crippen LogP contribution in [0, 0.1) is 23.2 Å². The van der Waals surface area contributed by atoms with E-state index in [0.29, 0.717) is 30.6 Å². The van der Waals surface area contributed by atoms with Gasteiger partial charge in [0.2, 0.25) is 0 Å². The van der Waals surface area contributed by atoms with Crippen LogP contribution in [0.4, 0.5) is 23.8 Å². The lowest BCUT2D eigenvalue weighted by atomic mass is 10.1. The first kappa shape index (κ1) is 24.2. The quantitative estimate of drug-likeness (QED) is 0.381. The average Bonchev–Trinajstić information content (AvgIpc) is 3.15. The molecule has 174 valence electrons. The molecule has 7 nitrogen and oxygen atoms in total. The van der Waals surface area contributed by atoms with Gasteiger partial charge in [-0.05, 0) is 43.2 Å². The standard InChI is InChI=1S/C24H21F3N6O/c25-24(26,27)18-9-4-7-17(15-18)8-5-13-30-23(34)31-14-6-12-21-20(16-28)22(29)33(32-21)19-10-2-1-3-11-19/h1-4,7,9-11,15H,6,12-14,29H2,(H2,30,31,34). The maximum absolute atomic E-state index is 12.7. The summed E-state index contributed by atoms with van der Waals surface area (Å²) >= 11 is 0. The molecular weight excluding hydrogens is 445 g/mol. The van der Waals surface area contributed by atoms with Crippen molar-refractivity contribution in [1.82, 2.24) is 20.4 Å². The fourth-order valence-corrected chi connectivity index (χ4v) is 3.11. The molecule has 0 fully saturated rings. The smallest absolute Gasteiger partial charge is 0.382 e. The highest BCUT2D eigenvalue weighted by Crippen LogP contribution is 2.29. The van der Waals surface area contributed by atoms with E-state index in [2.05, 4.69) is 33.6 Å². The largest absolute Gasteiger partial charge is 0.416 e. The zero-order chi connectivity index (χ0) is 24.6. The molecule has 0 radical (unpaired) electrons. The lowest BCUT2D eigenvalue weighted by molar-refractivity contribution is -0.137. The molecule has 0 unspecified atom stereocenters. The summed E-state index contributed by atoms with van der Waals surface area (Å²) in [5.41, 5.74) is 7.08. The molecule has 0 bridgehead atoms. The van der Waals surface area contributed by atoms with Crippen LogP contribution in [-0.2, 0) is 12.6 Å². The predicted octanol–water partition coefficient (Wildman–Crippen LogP) is 3.63. The minimum atomic E-state index is -4.44. The Morgan fingerprint density at radius 2 is 1.88 bits per heavy atom. The Labute approximate surface area is 194 Å². The number of anilines is 1. The molecule has 34 heavy (non-hydrogen) atoms. The zero-order valence-electron chi connectivity index (χ0n) is 18.0. The van der Waals surface area contributed by atoms with Gasteiger partial charge in [0.25, 0.3) is 0 Å². The number of nitrogen functional groups attached to an aromatic ring is 1. The number of halogens is 3. The van der Waals surface area contributed by atoms with Crippen molar-refractivity contribution in [3.05, 3.63) is 77.0 Å². The van der Waals surface area contributed by atoms with Gasteiger partial charge >= 0.3 is 12.2 Å². The Kier molecular flexibility index (Phi) is 7.78. The molecule has 0 saturated heterocycles. The number of nitrogens with one attached hydrogen (secondary N) is 2. The fourth-order valence-electron chi connectivity index (χ4n) is 3.11. The van der Waals surface area contributed by atoms with Crippen LogP contribution in [0.3, 0.4) is 0 Å². The van der Waals surface area contributed by atoms with Crippen LogP contribution in [0.2, 0.25) is 0 Å². The highest BCUT2D eigenvalue weighted by Gasteiger charge is 2.30. The first-order valence-electron chi connectivity index (χ1n) is 10.3. The summed E-state index contributed by atoms with van der Waals surface area (Å²) in [7, 11) is 0. The highest BCUT2D eigenvalue weighted by molar-refractivity contribution is 5.74. The Morgan fingerprint density at radius 1 is 1.12 bits per heavy atom. The minimum absolute atomic E-state index is 0.0291. The summed E-state index contributed by atoms with van der Waals surface area (Å²) in [6.45, 7) is 0.286. The Balaban J connectivity index is 1.45. The van der Waals surface area contributed by atoms with Crippen LogP contribution in [0.15, 0.2) is 54.6 Å². The van der Waals surface area contributed by atoms with E-state index in [9.17, 15) is 23.2 Å². The zero-order valence-corrected chi connectivity index (χ0v) is 18.0. The number of amides is 2. The van der Waals surface area contributed by atoms with Gasteiger partial charge in [0.1, 0.15) is 17.5 Å². The van der Waals surface area contributed by atoms with Crippen molar-refractivity contribution in [1.29, 1.82) is 5.26 Å². The van der Waals surface area contributed by atoms with Crippen molar-refractivity contribution in [2.45, 2.75) is 19.0 Å². The molecule has 2 amide bonds. The molecule has 1 aromatic heterocycles. The number of hydrogen-bond acceptors (Lipinski definition) is 4. The van der Waals surface area contributed by atoms with Crippen LogP contribution in [0.5, 0.6) is 0 Å². The number of alkyl halides is 3. The summed E-state index contributed by atoms with van der Waals surface area (Å²) < 4.78 is 39.7. The molecule has 3 aromatic rings. The molecule has 0 aliphatic carbocycles. The van der Waals surface area contributed by atoms with Gasteiger partial charge in [0.15, 0.2) is 0 Å². The Hall–Kier alpha value is -4.44. The number of hydrogen-bond donors (Lipinski definition) is 3. The molecule has 0 aliphatic heterocycles. The maximum Gasteiger partial charge on any atom is 0.416 e. The number of urea groups is 1. The minimum Gasteiger partial charge on any atom is -0.382 e. The second kappa shape index (κ2) is 10.9. The van der Waals surface area contributed by atoms with E-state index >= 15 is 0 Å². The van der Waals surface area contributed by atoms with Crippen LogP contribution < -0.4 is 16.4 Å². The van der Waals surface area contributed by atoms with Gasteiger partial charge in [-0.3, -0.25) is 0 Å². The number of rotatable bonds is 6. The second-order valence-electron chi connectivity index (χ2n) is 7.16. The van der Waals surface area contributed by atoms with E-state index in [1.165, 1.54) is 16.8 Å². The second-order valence-corrected chi connectivity index (χ2v) is 7.16. The van der Waals surface area contributed by atoms with E-state index in [-0.39, 0.29) is 17.9 Å². The molecule has 3 rings (SSSR count). The summed E-state index contributed by atoms with van der Waals surface area (Å²) in [6.07, 6.45) is -3.49. The number of carbonyl (C=O) groups is 1. The lowest BCUT2D eigenvalue weighted by Gasteiger charge is -2.06. The molecular formula is C24H21F3N6O. The van der Waals surface area contributed by atoms with Crippen molar-refractivity contribution < 1.29 is 18.0 Å². The van der Waals surface area contributed by atoms with Crippen molar-refractivity contribution in [2.75, 3.05) is 18.8 Å². The Morgan fingerprint density at radius 3 is 2.59 bits per heavy atom. The first-order chi connectivity index (χ1) is 16.3. The SMILES string of the molecule is N#Cc1c(CCCNC(=O)NCC#Cc2cccc(C(F)(F)F)c2)nn(-c2ccccc2)c1N. The average molecular weight is 466 g/mol. The third-order valence-corrected chi connectivity index (χ3v) is 4.74. The van der Waals surface area contributed by atoms with Crippen LogP contribution in [0.25, 0.3) is 5.69 Å². The summed E-state index contributed by atoms with van der Waals surface area (Å²) in [6, 6.07) is 15.5. The number of nitriles is 1. The van der Waals surface area contributed by atoms with Gasteiger partial charge in [-0.15, -0.1) is 0 Å². The van der Waals surface area contributed by atoms with E-state index in [1.54, 1.807) is 0 Å². The third-order valence-electron chi connectivity index (χ3n) is 4.74. The van der Waals surface area contributed by atoms with Crippen LogP contribution in [-0.4, -0.2) is 28.9 Å². The molecule has 4 N–H and O–H groups in total. The van der Waals surface area contributed by atoms with Gasteiger partial charge in [-0.25, -0.2) is 9.48 Å². The fraction of sp³-hybridized carbons (Fsp3) is 0.208. The molecule has 0 aliphatic rings. The van der Waals surface area contributed by atoms with E-state index in [0.717, 1.165) is 17.8 Å². The van der Waals surface area contributed by atoms with Crippen molar-refractivity contribution >= 4 is 11.8 Å². The van der Waals surface area contributed by atoms with E-state index in [1.807, 2.05) is 30.3 Å². The van der Waals surface area contributed by atoms with E-state index in [4.69, 9.17) is 5.73 Å². The Bertz CT molecular complexity index is 1250. The molecule has 2 aromatic carbocycles. The number of benzene rings is 2. The number of nitrogens with two attached hydrogens (primary N) is 1. The van der Waals surface area contributed by atoms with Gasteiger partial charge in [-0.1, -0.05) is 36.1 Å². The number of aromatic nitrogens is 2.